The molecule has 2 aromatic carbocycles. The second-order valence-electron chi connectivity index (χ2n) is 6.19. The molecule has 1 aromatic heterocycles. The number of benzene rings is 2. The van der Waals surface area contributed by atoms with Gasteiger partial charge in [-0.3, -0.25) is 0 Å². The summed E-state index contributed by atoms with van der Waals surface area (Å²) < 4.78 is 5.39. The van der Waals surface area contributed by atoms with E-state index in [4.69, 9.17) is 4.74 Å². The highest BCUT2D eigenvalue weighted by atomic mass is 16.5. The summed E-state index contributed by atoms with van der Waals surface area (Å²) in [5.74, 6) is 0. The zero-order valence-corrected chi connectivity index (χ0v) is 14.5. The van der Waals surface area contributed by atoms with E-state index in [1.54, 1.807) is 0 Å². The predicted molar refractivity (Wildman–Crippen MR) is 100 cm³/mol. The van der Waals surface area contributed by atoms with Crippen LogP contribution in [-0.2, 0) is 11.3 Å². The van der Waals surface area contributed by atoms with E-state index in [0.717, 1.165) is 41.3 Å². The smallest absolute Gasteiger partial charge is 0.407 e. The van der Waals surface area contributed by atoms with Crippen molar-refractivity contribution in [1.29, 1.82) is 0 Å². The van der Waals surface area contributed by atoms with Crippen molar-refractivity contribution in [2.75, 3.05) is 0 Å². The van der Waals surface area contributed by atoms with Crippen molar-refractivity contribution >= 4 is 17.0 Å². The van der Waals surface area contributed by atoms with E-state index in [0.29, 0.717) is 0 Å². The molecule has 1 amide bonds. The van der Waals surface area contributed by atoms with Gasteiger partial charge in [0.1, 0.15) is 6.61 Å². The molecule has 4 heteroatoms. The fourth-order valence-electron chi connectivity index (χ4n) is 3.00. The van der Waals surface area contributed by atoms with Gasteiger partial charge in [0.15, 0.2) is 0 Å². The lowest BCUT2D eigenvalue weighted by Crippen LogP contribution is -2.29. The Morgan fingerprint density at radius 2 is 1.88 bits per heavy atom. The second kappa shape index (κ2) is 8.38. The first-order valence-corrected chi connectivity index (χ1v) is 8.81. The van der Waals surface area contributed by atoms with E-state index in [1.807, 2.05) is 54.7 Å². The van der Waals surface area contributed by atoms with Gasteiger partial charge in [-0.2, -0.15) is 0 Å². The maximum Gasteiger partial charge on any atom is 0.407 e. The number of fused-ring (bicyclic) bond motifs is 1. The van der Waals surface area contributed by atoms with Crippen molar-refractivity contribution in [3.05, 3.63) is 71.9 Å². The largest absolute Gasteiger partial charge is 0.445 e. The van der Waals surface area contributed by atoms with Crippen molar-refractivity contribution in [3.63, 3.8) is 0 Å². The number of ether oxygens (including phenoxy) is 1. The molecule has 0 fully saturated rings. The molecule has 130 valence electrons. The zero-order chi connectivity index (χ0) is 17.5. The molecule has 0 saturated heterocycles. The third-order valence-electron chi connectivity index (χ3n) is 4.35. The number of H-pyrrole nitrogens is 1. The Labute approximate surface area is 148 Å². The van der Waals surface area contributed by atoms with Crippen LogP contribution in [0.4, 0.5) is 4.79 Å². The van der Waals surface area contributed by atoms with Gasteiger partial charge in [-0.05, 0) is 23.6 Å². The van der Waals surface area contributed by atoms with E-state index in [1.165, 1.54) is 0 Å². The highest BCUT2D eigenvalue weighted by Crippen LogP contribution is 2.27. The fourth-order valence-corrected chi connectivity index (χ4v) is 3.00. The molecule has 0 radical (unpaired) electrons. The Morgan fingerprint density at radius 3 is 2.68 bits per heavy atom. The molecule has 3 rings (SSSR count). The maximum absolute atomic E-state index is 12.3. The first-order valence-electron chi connectivity index (χ1n) is 8.81. The van der Waals surface area contributed by atoms with Crippen LogP contribution in [0, 0.1) is 0 Å². The summed E-state index contributed by atoms with van der Waals surface area (Å²) in [5.41, 5.74) is 3.18. The summed E-state index contributed by atoms with van der Waals surface area (Å²) in [7, 11) is 0. The molecule has 0 aliphatic heterocycles. The van der Waals surface area contributed by atoms with Gasteiger partial charge in [-0.15, -0.1) is 0 Å². The van der Waals surface area contributed by atoms with Crippen LogP contribution >= 0.6 is 0 Å². The first kappa shape index (κ1) is 17.1. The quantitative estimate of drug-likeness (QED) is 0.613. The molecule has 0 aliphatic rings. The Balaban J connectivity index is 1.69. The van der Waals surface area contributed by atoms with Gasteiger partial charge >= 0.3 is 6.09 Å². The minimum atomic E-state index is -0.379. The molecule has 0 aliphatic carbocycles. The second-order valence-corrected chi connectivity index (χ2v) is 6.19. The summed E-state index contributed by atoms with van der Waals surface area (Å²) >= 11 is 0. The fraction of sp³-hybridized carbons (Fsp3) is 0.286. The number of carbonyl (C=O) groups is 1. The molecule has 4 nitrogen and oxygen atoms in total. The Hall–Kier alpha value is -2.75. The van der Waals surface area contributed by atoms with Crippen molar-refractivity contribution in [1.82, 2.24) is 10.3 Å². The van der Waals surface area contributed by atoms with Crippen LogP contribution in [-0.4, -0.2) is 11.1 Å². The van der Waals surface area contributed by atoms with Crippen molar-refractivity contribution in [2.45, 2.75) is 38.8 Å². The molecule has 3 aromatic rings. The number of unbranched alkanes of at least 4 members (excludes halogenated alkanes) is 1. The number of amides is 1. The van der Waals surface area contributed by atoms with E-state index in [2.05, 4.69) is 23.3 Å². The summed E-state index contributed by atoms with van der Waals surface area (Å²) in [6, 6.07) is 17.8. The lowest BCUT2D eigenvalue weighted by molar-refractivity contribution is 0.135. The number of hydrogen-bond donors (Lipinski definition) is 2. The van der Waals surface area contributed by atoms with Crippen molar-refractivity contribution in [2.24, 2.45) is 0 Å². The number of hydrogen-bond acceptors (Lipinski definition) is 2. The number of rotatable bonds is 7. The van der Waals surface area contributed by atoms with Crippen LogP contribution in [0.2, 0.25) is 0 Å². The SMILES string of the molecule is CCCCC(NC(=O)OCc1ccccc1)c1c[nH]c2ccccc12. The highest BCUT2D eigenvalue weighted by Gasteiger charge is 2.18. The molecule has 0 bridgehead atoms. The predicted octanol–water partition coefficient (Wildman–Crippen LogP) is 5.33. The average molecular weight is 336 g/mol. The molecule has 1 heterocycles. The number of para-hydroxylation sites is 1. The zero-order valence-electron chi connectivity index (χ0n) is 14.5. The third-order valence-corrected chi connectivity index (χ3v) is 4.35. The van der Waals surface area contributed by atoms with Crippen LogP contribution in [0.3, 0.4) is 0 Å². The number of carbonyl (C=O) groups excluding carboxylic acids is 1. The minimum Gasteiger partial charge on any atom is -0.445 e. The van der Waals surface area contributed by atoms with Crippen LogP contribution in [0.15, 0.2) is 60.8 Å². The van der Waals surface area contributed by atoms with E-state index < -0.39 is 0 Å². The Bertz CT molecular complexity index is 811. The average Bonchev–Trinajstić information content (AvgIpc) is 3.08. The summed E-state index contributed by atoms with van der Waals surface area (Å²) in [4.78, 5) is 15.6. The molecular formula is C21H24N2O2. The highest BCUT2D eigenvalue weighted by molar-refractivity contribution is 5.84. The van der Waals surface area contributed by atoms with Crippen molar-refractivity contribution < 1.29 is 9.53 Å². The van der Waals surface area contributed by atoms with Gasteiger partial charge in [0.05, 0.1) is 6.04 Å². The summed E-state index contributed by atoms with van der Waals surface area (Å²) in [6.07, 6.45) is 4.62. The van der Waals surface area contributed by atoms with Gasteiger partial charge in [-0.25, -0.2) is 4.79 Å². The van der Waals surface area contributed by atoms with Gasteiger partial charge in [-0.1, -0.05) is 68.3 Å². The van der Waals surface area contributed by atoms with Crippen LogP contribution in [0.25, 0.3) is 10.9 Å². The molecule has 25 heavy (non-hydrogen) atoms. The molecule has 0 spiro atoms. The number of alkyl carbamates (subject to hydrolysis) is 1. The van der Waals surface area contributed by atoms with Crippen molar-refractivity contribution in [3.8, 4) is 0 Å². The maximum atomic E-state index is 12.3. The van der Waals surface area contributed by atoms with E-state index in [-0.39, 0.29) is 18.7 Å². The number of aromatic nitrogens is 1. The Morgan fingerprint density at radius 1 is 1.12 bits per heavy atom. The minimum absolute atomic E-state index is 0.0561. The molecular weight excluding hydrogens is 312 g/mol. The van der Waals surface area contributed by atoms with E-state index in [9.17, 15) is 4.79 Å². The van der Waals surface area contributed by atoms with E-state index >= 15 is 0 Å². The lowest BCUT2D eigenvalue weighted by atomic mass is 10.0. The topological polar surface area (TPSA) is 54.1 Å². The van der Waals surface area contributed by atoms with Gasteiger partial charge in [0.2, 0.25) is 0 Å². The lowest BCUT2D eigenvalue weighted by Gasteiger charge is -2.18. The summed E-state index contributed by atoms with van der Waals surface area (Å²) in [5, 5.41) is 4.18. The molecule has 1 atom stereocenters. The molecule has 2 N–H and O–H groups in total. The standard InChI is InChI=1S/C21H24N2O2/c1-2-3-12-20(18-14-22-19-13-8-7-11-17(18)19)23-21(24)25-15-16-9-5-4-6-10-16/h4-11,13-14,20,22H,2-3,12,15H2,1H3,(H,23,24). The van der Waals surface area contributed by atoms with Crippen LogP contribution in [0.1, 0.15) is 43.4 Å². The molecule has 0 saturated carbocycles. The van der Waals surface area contributed by atoms with Gasteiger partial charge < -0.3 is 15.0 Å². The monoisotopic (exact) mass is 336 g/mol. The van der Waals surface area contributed by atoms with Crippen LogP contribution < -0.4 is 5.32 Å². The number of aromatic amines is 1. The molecule has 1 unspecified atom stereocenters. The van der Waals surface area contributed by atoms with Gasteiger partial charge in [0.25, 0.3) is 0 Å². The third kappa shape index (κ3) is 4.41. The van der Waals surface area contributed by atoms with Gasteiger partial charge in [0, 0.05) is 17.1 Å². The number of nitrogens with one attached hydrogen (secondary N) is 2. The van der Waals surface area contributed by atoms with Crippen LogP contribution in [0.5, 0.6) is 0 Å². The summed E-state index contributed by atoms with van der Waals surface area (Å²) in [6.45, 7) is 2.43. The first-order chi connectivity index (χ1) is 12.3. The Kier molecular flexibility index (Phi) is 5.73. The normalized spacial score (nSPS) is 12.0.